The second-order valence-corrected chi connectivity index (χ2v) is 6.83. The molecule has 0 saturated heterocycles. The molecule has 0 amide bonds. The number of alkyl halides is 3. The van der Waals surface area contributed by atoms with Gasteiger partial charge in [0.25, 0.3) is 0 Å². The predicted octanol–water partition coefficient (Wildman–Crippen LogP) is 4.30. The zero-order valence-electron chi connectivity index (χ0n) is 14.8. The van der Waals surface area contributed by atoms with Crippen LogP contribution in [0.1, 0.15) is 26.7 Å². The Morgan fingerprint density at radius 1 is 1.15 bits per heavy atom. The molecular weight excluding hydrogens is 476 g/mol. The minimum absolute atomic E-state index is 0. The molecule has 1 aromatic carbocycles. The fourth-order valence-corrected chi connectivity index (χ4v) is 3.09. The van der Waals surface area contributed by atoms with Crippen molar-refractivity contribution in [2.45, 2.75) is 33.0 Å². The smallest absolute Gasteiger partial charge is 0.356 e. The van der Waals surface area contributed by atoms with Crippen molar-refractivity contribution in [3.8, 4) is 0 Å². The van der Waals surface area contributed by atoms with Gasteiger partial charge in [-0.15, -0.1) is 35.3 Å². The van der Waals surface area contributed by atoms with Gasteiger partial charge in [0.05, 0.1) is 16.3 Å². The van der Waals surface area contributed by atoms with Gasteiger partial charge in [-0.05, 0) is 31.5 Å². The molecule has 0 bridgehead atoms. The lowest BCUT2D eigenvalue weighted by atomic mass is 10.1. The third kappa shape index (κ3) is 6.75. The average Bonchev–Trinajstić information content (AvgIpc) is 2.88. The van der Waals surface area contributed by atoms with Crippen LogP contribution in [-0.2, 0) is 19.1 Å². The van der Waals surface area contributed by atoms with Crippen LogP contribution >= 0.6 is 35.3 Å². The summed E-state index contributed by atoms with van der Waals surface area (Å²) in [5.41, 5.74) is 1.17. The molecule has 0 fully saturated rings. The van der Waals surface area contributed by atoms with Gasteiger partial charge in [0, 0.05) is 31.4 Å². The summed E-state index contributed by atoms with van der Waals surface area (Å²) >= 11 is 1.68. The predicted molar refractivity (Wildman–Crippen MR) is 110 cm³/mol. The maximum Gasteiger partial charge on any atom is 0.416 e. The highest BCUT2D eigenvalue weighted by molar-refractivity contribution is 14.0. The summed E-state index contributed by atoms with van der Waals surface area (Å²) in [6.45, 7) is 5.12. The first kappa shape index (κ1) is 22.7. The highest BCUT2D eigenvalue weighted by Gasteiger charge is 2.29. The molecule has 144 valence electrons. The minimum atomic E-state index is -4.31. The normalized spacial score (nSPS) is 11.8. The van der Waals surface area contributed by atoms with E-state index in [0.29, 0.717) is 19.0 Å². The molecule has 0 atom stereocenters. The number of benzene rings is 1. The van der Waals surface area contributed by atoms with Crippen LogP contribution in [0.5, 0.6) is 0 Å². The van der Waals surface area contributed by atoms with Crippen molar-refractivity contribution in [3.05, 3.63) is 51.0 Å². The van der Waals surface area contributed by atoms with Gasteiger partial charge in [-0.1, -0.05) is 12.1 Å². The van der Waals surface area contributed by atoms with E-state index in [1.54, 1.807) is 18.4 Å². The summed E-state index contributed by atoms with van der Waals surface area (Å²) in [7, 11) is 1.65. The molecule has 1 heterocycles. The van der Waals surface area contributed by atoms with Crippen molar-refractivity contribution in [2.24, 2.45) is 4.99 Å². The SMILES string of the molecule is CN=C(NCCc1nc(C)c(C)s1)NCc1ccc(C(F)(F)F)cc1.I. The number of nitrogens with one attached hydrogen (secondary N) is 2. The Kier molecular flexibility index (Phi) is 8.81. The first-order chi connectivity index (χ1) is 11.8. The number of rotatable bonds is 5. The largest absolute Gasteiger partial charge is 0.416 e. The highest BCUT2D eigenvalue weighted by atomic mass is 127. The quantitative estimate of drug-likeness (QED) is 0.367. The van der Waals surface area contributed by atoms with Gasteiger partial charge in [-0.25, -0.2) is 4.98 Å². The van der Waals surface area contributed by atoms with Crippen molar-refractivity contribution in [3.63, 3.8) is 0 Å². The van der Waals surface area contributed by atoms with Crippen molar-refractivity contribution >= 4 is 41.3 Å². The zero-order valence-corrected chi connectivity index (χ0v) is 17.9. The molecule has 0 spiro atoms. The van der Waals surface area contributed by atoms with Crippen molar-refractivity contribution in [2.75, 3.05) is 13.6 Å². The van der Waals surface area contributed by atoms with Gasteiger partial charge in [0.2, 0.25) is 0 Å². The Hall–Kier alpha value is -1.36. The second kappa shape index (κ2) is 10.1. The number of nitrogens with zero attached hydrogens (tertiary/aromatic N) is 2. The molecule has 2 aromatic rings. The summed E-state index contributed by atoms with van der Waals surface area (Å²) in [5.74, 6) is 0.602. The number of halogens is 4. The molecule has 0 saturated carbocycles. The van der Waals surface area contributed by atoms with Crippen molar-refractivity contribution in [1.82, 2.24) is 15.6 Å². The number of hydrogen-bond donors (Lipinski definition) is 2. The van der Waals surface area contributed by atoms with E-state index in [0.717, 1.165) is 34.8 Å². The molecular formula is C17H22F3IN4S. The van der Waals surface area contributed by atoms with Crippen LogP contribution < -0.4 is 10.6 Å². The first-order valence-electron chi connectivity index (χ1n) is 7.83. The lowest BCUT2D eigenvalue weighted by Gasteiger charge is -2.12. The van der Waals surface area contributed by atoms with E-state index < -0.39 is 11.7 Å². The maximum absolute atomic E-state index is 12.5. The Morgan fingerprint density at radius 3 is 2.31 bits per heavy atom. The number of aromatic nitrogens is 1. The number of aryl methyl sites for hydroxylation is 2. The highest BCUT2D eigenvalue weighted by Crippen LogP contribution is 2.29. The second-order valence-electron chi connectivity index (χ2n) is 5.55. The van der Waals surface area contributed by atoms with Crippen LogP contribution in [0.15, 0.2) is 29.3 Å². The molecule has 1 aromatic heterocycles. The van der Waals surface area contributed by atoms with E-state index >= 15 is 0 Å². The molecule has 9 heteroatoms. The fourth-order valence-electron chi connectivity index (χ4n) is 2.15. The third-order valence-electron chi connectivity index (χ3n) is 3.67. The van der Waals surface area contributed by atoms with Gasteiger partial charge >= 0.3 is 6.18 Å². The molecule has 0 aliphatic heterocycles. The lowest BCUT2D eigenvalue weighted by Crippen LogP contribution is -2.37. The summed E-state index contributed by atoms with van der Waals surface area (Å²) < 4.78 is 37.6. The lowest BCUT2D eigenvalue weighted by molar-refractivity contribution is -0.137. The molecule has 0 aliphatic carbocycles. The topological polar surface area (TPSA) is 49.3 Å². The fraction of sp³-hybridized carbons (Fsp3) is 0.412. The third-order valence-corrected chi connectivity index (χ3v) is 4.80. The van der Waals surface area contributed by atoms with Gasteiger partial charge < -0.3 is 10.6 Å². The van der Waals surface area contributed by atoms with E-state index in [2.05, 4.69) is 27.5 Å². The van der Waals surface area contributed by atoms with Crippen LogP contribution in [0.4, 0.5) is 13.2 Å². The Bertz CT molecular complexity index is 707. The van der Waals surface area contributed by atoms with E-state index in [9.17, 15) is 13.2 Å². The van der Waals surface area contributed by atoms with Crippen molar-refractivity contribution < 1.29 is 13.2 Å². The monoisotopic (exact) mass is 498 g/mol. The van der Waals surface area contributed by atoms with Gasteiger partial charge in [0.15, 0.2) is 5.96 Å². The minimum Gasteiger partial charge on any atom is -0.356 e. The number of hydrogen-bond acceptors (Lipinski definition) is 3. The average molecular weight is 498 g/mol. The zero-order chi connectivity index (χ0) is 18.4. The van der Waals surface area contributed by atoms with Crippen LogP contribution in [0.25, 0.3) is 0 Å². The van der Waals surface area contributed by atoms with Gasteiger partial charge in [-0.2, -0.15) is 13.2 Å². The van der Waals surface area contributed by atoms with E-state index in [1.165, 1.54) is 17.0 Å². The summed E-state index contributed by atoms with van der Waals surface area (Å²) in [6, 6.07) is 5.09. The Balaban J connectivity index is 0.00000338. The Morgan fingerprint density at radius 2 is 1.81 bits per heavy atom. The molecule has 4 nitrogen and oxygen atoms in total. The molecule has 0 unspecified atom stereocenters. The molecule has 2 rings (SSSR count). The number of guanidine groups is 1. The van der Waals surface area contributed by atoms with E-state index in [-0.39, 0.29) is 24.0 Å². The molecule has 26 heavy (non-hydrogen) atoms. The maximum atomic E-state index is 12.5. The van der Waals surface area contributed by atoms with Crippen LogP contribution in [0.3, 0.4) is 0 Å². The van der Waals surface area contributed by atoms with Crippen LogP contribution in [0, 0.1) is 13.8 Å². The van der Waals surface area contributed by atoms with Gasteiger partial charge in [-0.3, -0.25) is 4.99 Å². The molecule has 0 radical (unpaired) electrons. The molecule has 0 aliphatic rings. The van der Waals surface area contributed by atoms with Crippen LogP contribution in [0.2, 0.25) is 0 Å². The standard InChI is InChI=1S/C17H21F3N4S.HI/c1-11-12(2)25-15(24-11)8-9-22-16(21-3)23-10-13-4-6-14(7-5-13)17(18,19)20;/h4-7H,8-10H2,1-3H3,(H2,21,22,23);1H. The van der Waals surface area contributed by atoms with E-state index in [1.807, 2.05) is 6.92 Å². The van der Waals surface area contributed by atoms with E-state index in [4.69, 9.17) is 0 Å². The van der Waals surface area contributed by atoms with Gasteiger partial charge in [0.1, 0.15) is 0 Å². The first-order valence-corrected chi connectivity index (χ1v) is 8.65. The number of thiazole rings is 1. The van der Waals surface area contributed by atoms with Crippen molar-refractivity contribution in [1.29, 1.82) is 0 Å². The molecule has 2 N–H and O–H groups in total. The van der Waals surface area contributed by atoms with Crippen LogP contribution in [-0.4, -0.2) is 24.5 Å². The summed E-state index contributed by atoms with van der Waals surface area (Å²) in [5, 5.41) is 7.34. The summed E-state index contributed by atoms with van der Waals surface area (Å²) in [6.07, 6.45) is -3.52. The number of aliphatic imine (C=N–C) groups is 1. The Labute approximate surface area is 172 Å². The summed E-state index contributed by atoms with van der Waals surface area (Å²) in [4.78, 5) is 9.81.